The molecule has 0 aliphatic rings. The van der Waals surface area contributed by atoms with E-state index < -0.39 is 5.82 Å². The zero-order valence-corrected chi connectivity index (χ0v) is 11.5. The molecule has 4 heteroatoms. The van der Waals surface area contributed by atoms with Crippen LogP contribution in [0.4, 0.5) is 10.1 Å². The lowest BCUT2D eigenvalue weighted by atomic mass is 10.1. The highest BCUT2D eigenvalue weighted by Crippen LogP contribution is 2.25. The zero-order chi connectivity index (χ0) is 13.8. The highest BCUT2D eigenvalue weighted by atomic mass is 35.5. The molecular weight excluding hydrogens is 265 g/mol. The Morgan fingerprint density at radius 2 is 2.00 bits per heavy atom. The van der Waals surface area contributed by atoms with Crippen LogP contribution in [0.15, 0.2) is 42.5 Å². The molecule has 100 valence electrons. The van der Waals surface area contributed by atoms with Gasteiger partial charge in [-0.05, 0) is 36.8 Å². The average Bonchev–Trinajstić information content (AvgIpc) is 2.42. The summed E-state index contributed by atoms with van der Waals surface area (Å²) in [5, 5.41) is 3.43. The second kappa shape index (κ2) is 5.93. The largest absolute Gasteiger partial charge is 0.497 e. The van der Waals surface area contributed by atoms with Gasteiger partial charge in [0.15, 0.2) is 0 Å². The minimum Gasteiger partial charge on any atom is -0.497 e. The molecule has 0 aliphatic heterocycles. The van der Waals surface area contributed by atoms with Gasteiger partial charge in [-0.15, -0.1) is 0 Å². The zero-order valence-electron chi connectivity index (χ0n) is 10.8. The summed E-state index contributed by atoms with van der Waals surface area (Å²) in [6.07, 6.45) is 0. The molecule has 0 fully saturated rings. The number of hydrogen-bond donors (Lipinski definition) is 1. The Kier molecular flexibility index (Phi) is 4.27. The van der Waals surface area contributed by atoms with Crippen molar-refractivity contribution in [1.29, 1.82) is 0 Å². The van der Waals surface area contributed by atoms with E-state index in [1.165, 1.54) is 6.07 Å². The van der Waals surface area contributed by atoms with Crippen LogP contribution in [-0.4, -0.2) is 7.11 Å². The van der Waals surface area contributed by atoms with Crippen LogP contribution in [0, 0.1) is 5.82 Å². The highest BCUT2D eigenvalue weighted by Gasteiger charge is 2.08. The van der Waals surface area contributed by atoms with Crippen LogP contribution in [0.3, 0.4) is 0 Å². The second-order valence-electron chi connectivity index (χ2n) is 4.27. The number of methoxy groups -OCH3 is 1. The van der Waals surface area contributed by atoms with Crippen molar-refractivity contribution in [2.75, 3.05) is 12.4 Å². The minimum absolute atomic E-state index is 0.0288. The van der Waals surface area contributed by atoms with Crippen molar-refractivity contribution in [2.24, 2.45) is 0 Å². The first kappa shape index (κ1) is 13.7. The predicted octanol–water partition coefficient (Wildman–Crippen LogP) is 4.66. The number of halogens is 2. The standard InChI is InChI=1S/C15H15ClFNO/c1-10(11-6-7-14(16)15(17)8-11)18-12-4-3-5-13(9-12)19-2/h3-10,18H,1-2H3. The van der Waals surface area contributed by atoms with Crippen LogP contribution in [0.2, 0.25) is 5.02 Å². The van der Waals surface area contributed by atoms with Crippen LogP contribution >= 0.6 is 11.6 Å². The van der Waals surface area contributed by atoms with Crippen LogP contribution in [0.5, 0.6) is 5.75 Å². The molecule has 0 amide bonds. The monoisotopic (exact) mass is 279 g/mol. The molecule has 2 aromatic rings. The van der Waals surface area contributed by atoms with Gasteiger partial charge in [-0.25, -0.2) is 4.39 Å². The van der Waals surface area contributed by atoms with Gasteiger partial charge in [0, 0.05) is 17.8 Å². The number of ether oxygens (including phenoxy) is 1. The maximum atomic E-state index is 13.4. The lowest BCUT2D eigenvalue weighted by Crippen LogP contribution is -2.07. The smallest absolute Gasteiger partial charge is 0.142 e. The Morgan fingerprint density at radius 1 is 1.21 bits per heavy atom. The van der Waals surface area contributed by atoms with Crippen LogP contribution < -0.4 is 10.1 Å². The molecular formula is C15H15ClFNO. The van der Waals surface area contributed by atoms with E-state index in [0.717, 1.165) is 17.0 Å². The first-order valence-electron chi connectivity index (χ1n) is 5.95. The third kappa shape index (κ3) is 3.38. The van der Waals surface area contributed by atoms with E-state index in [1.807, 2.05) is 37.3 Å². The van der Waals surface area contributed by atoms with Gasteiger partial charge >= 0.3 is 0 Å². The van der Waals surface area contributed by atoms with Gasteiger partial charge in [0.2, 0.25) is 0 Å². The summed E-state index contributed by atoms with van der Waals surface area (Å²) in [5.74, 6) is 0.373. The quantitative estimate of drug-likeness (QED) is 0.879. The first-order chi connectivity index (χ1) is 9.10. The van der Waals surface area contributed by atoms with E-state index in [1.54, 1.807) is 13.2 Å². The Morgan fingerprint density at radius 3 is 2.68 bits per heavy atom. The van der Waals surface area contributed by atoms with E-state index in [2.05, 4.69) is 5.32 Å². The molecule has 2 nitrogen and oxygen atoms in total. The normalized spacial score (nSPS) is 12.0. The molecule has 1 atom stereocenters. The van der Waals surface area contributed by atoms with E-state index in [-0.39, 0.29) is 11.1 Å². The molecule has 0 aromatic heterocycles. The van der Waals surface area contributed by atoms with E-state index >= 15 is 0 Å². The maximum absolute atomic E-state index is 13.4. The summed E-state index contributed by atoms with van der Waals surface area (Å²) in [7, 11) is 1.62. The molecule has 0 aliphatic carbocycles. The lowest BCUT2D eigenvalue weighted by Gasteiger charge is -2.16. The topological polar surface area (TPSA) is 21.3 Å². The Bertz CT molecular complexity index is 574. The number of hydrogen-bond acceptors (Lipinski definition) is 2. The Hall–Kier alpha value is -1.74. The Balaban J connectivity index is 2.15. The van der Waals surface area contributed by atoms with Crippen molar-refractivity contribution in [1.82, 2.24) is 0 Å². The molecule has 0 spiro atoms. The van der Waals surface area contributed by atoms with Crippen molar-refractivity contribution in [2.45, 2.75) is 13.0 Å². The molecule has 19 heavy (non-hydrogen) atoms. The summed E-state index contributed by atoms with van der Waals surface area (Å²) < 4.78 is 18.6. The van der Waals surface area contributed by atoms with Crippen molar-refractivity contribution in [3.05, 3.63) is 58.9 Å². The number of benzene rings is 2. The molecule has 0 heterocycles. The van der Waals surface area contributed by atoms with Gasteiger partial charge in [0.1, 0.15) is 11.6 Å². The molecule has 1 unspecified atom stereocenters. The second-order valence-corrected chi connectivity index (χ2v) is 4.68. The molecule has 1 N–H and O–H groups in total. The lowest BCUT2D eigenvalue weighted by molar-refractivity contribution is 0.415. The van der Waals surface area contributed by atoms with Crippen LogP contribution in [-0.2, 0) is 0 Å². The van der Waals surface area contributed by atoms with Crippen molar-refractivity contribution >= 4 is 17.3 Å². The average molecular weight is 280 g/mol. The summed E-state index contributed by atoms with van der Waals surface area (Å²) in [6.45, 7) is 1.96. The summed E-state index contributed by atoms with van der Waals surface area (Å²) in [4.78, 5) is 0. The number of anilines is 1. The Labute approximate surface area is 117 Å². The highest BCUT2D eigenvalue weighted by molar-refractivity contribution is 6.30. The fourth-order valence-electron chi connectivity index (χ4n) is 1.83. The van der Waals surface area contributed by atoms with E-state index in [4.69, 9.17) is 16.3 Å². The van der Waals surface area contributed by atoms with E-state index in [9.17, 15) is 4.39 Å². The molecule has 0 saturated carbocycles. The number of nitrogens with one attached hydrogen (secondary N) is 1. The van der Waals surface area contributed by atoms with Crippen LogP contribution in [0.1, 0.15) is 18.5 Å². The molecule has 0 bridgehead atoms. The predicted molar refractivity (Wildman–Crippen MR) is 76.4 cm³/mol. The summed E-state index contributed by atoms with van der Waals surface area (Å²) in [5.41, 5.74) is 1.76. The minimum atomic E-state index is -0.404. The van der Waals surface area contributed by atoms with Gasteiger partial charge in [-0.1, -0.05) is 23.7 Å². The summed E-state index contributed by atoms with van der Waals surface area (Å²) >= 11 is 5.67. The first-order valence-corrected chi connectivity index (χ1v) is 6.33. The van der Waals surface area contributed by atoms with Crippen LogP contribution in [0.25, 0.3) is 0 Å². The van der Waals surface area contributed by atoms with Gasteiger partial charge in [-0.3, -0.25) is 0 Å². The molecule has 2 aromatic carbocycles. The third-order valence-corrected chi connectivity index (χ3v) is 3.20. The van der Waals surface area contributed by atoms with Gasteiger partial charge in [0.05, 0.1) is 12.1 Å². The summed E-state index contributed by atoms with van der Waals surface area (Å²) in [6, 6.07) is 12.4. The van der Waals surface area contributed by atoms with E-state index in [0.29, 0.717) is 0 Å². The van der Waals surface area contributed by atoms with Crippen molar-refractivity contribution in [3.63, 3.8) is 0 Å². The van der Waals surface area contributed by atoms with Gasteiger partial charge in [0.25, 0.3) is 0 Å². The van der Waals surface area contributed by atoms with Gasteiger partial charge < -0.3 is 10.1 Å². The molecule has 0 radical (unpaired) electrons. The van der Waals surface area contributed by atoms with Gasteiger partial charge in [-0.2, -0.15) is 0 Å². The van der Waals surface area contributed by atoms with Crippen molar-refractivity contribution < 1.29 is 9.13 Å². The molecule has 2 rings (SSSR count). The van der Waals surface area contributed by atoms with Crippen molar-refractivity contribution in [3.8, 4) is 5.75 Å². The maximum Gasteiger partial charge on any atom is 0.142 e. The molecule has 0 saturated heterocycles. The number of rotatable bonds is 4. The SMILES string of the molecule is COc1cccc(NC(C)c2ccc(Cl)c(F)c2)c1. The fraction of sp³-hybridized carbons (Fsp3) is 0.200. The third-order valence-electron chi connectivity index (χ3n) is 2.90. The fourth-order valence-corrected chi connectivity index (χ4v) is 1.95.